The van der Waals surface area contributed by atoms with Crippen LogP contribution < -0.4 is 11.1 Å². The van der Waals surface area contributed by atoms with Gasteiger partial charge in [0.25, 0.3) is 10.1 Å². The predicted molar refractivity (Wildman–Crippen MR) is 120 cm³/mol. The van der Waals surface area contributed by atoms with Gasteiger partial charge in [0.15, 0.2) is 24.6 Å². The molecular formula is C20H32N2O14S. The number of rotatable bonds is 13. The highest BCUT2D eigenvalue weighted by Crippen LogP contribution is 2.30. The Morgan fingerprint density at radius 2 is 1.46 bits per heavy atom. The Hall–Kier alpha value is -2.86. The van der Waals surface area contributed by atoms with Gasteiger partial charge in [-0.25, -0.2) is 0 Å². The third kappa shape index (κ3) is 12.3. The molecule has 6 atom stereocenters. The third-order valence-corrected chi connectivity index (χ3v) is 5.41. The predicted octanol–water partition coefficient (Wildman–Crippen LogP) is -2.19. The molecule has 16 nitrogen and oxygen atoms in total. The van der Waals surface area contributed by atoms with Gasteiger partial charge in [-0.05, 0) is 6.42 Å². The number of carbonyl (C=O) groups is 5. The van der Waals surface area contributed by atoms with Gasteiger partial charge in [-0.1, -0.05) is 0 Å². The van der Waals surface area contributed by atoms with E-state index in [1.807, 2.05) is 0 Å². The molecule has 0 aromatic carbocycles. The third-order valence-electron chi connectivity index (χ3n) is 4.60. The van der Waals surface area contributed by atoms with Crippen LogP contribution in [-0.4, -0.2) is 105 Å². The van der Waals surface area contributed by atoms with E-state index in [2.05, 4.69) is 5.32 Å². The van der Waals surface area contributed by atoms with Crippen molar-refractivity contribution < 1.29 is 65.4 Å². The number of carbonyl (C=O) groups excluding carboxylic acids is 5. The van der Waals surface area contributed by atoms with Crippen molar-refractivity contribution in [2.75, 3.05) is 25.5 Å². The summed E-state index contributed by atoms with van der Waals surface area (Å²) in [6.07, 6.45) is -7.12. The van der Waals surface area contributed by atoms with Crippen LogP contribution in [0.2, 0.25) is 0 Å². The van der Waals surface area contributed by atoms with Crippen LogP contribution in [0.3, 0.4) is 0 Å². The summed E-state index contributed by atoms with van der Waals surface area (Å²) in [6, 6.07) is -1.31. The van der Waals surface area contributed by atoms with E-state index < -0.39 is 95.6 Å². The van der Waals surface area contributed by atoms with E-state index >= 15 is 0 Å². The first-order chi connectivity index (χ1) is 17.1. The summed E-state index contributed by atoms with van der Waals surface area (Å²) in [5, 5.41) is 2.36. The minimum absolute atomic E-state index is 0.0716. The first-order valence-corrected chi connectivity index (χ1v) is 12.6. The zero-order valence-corrected chi connectivity index (χ0v) is 21.6. The Morgan fingerprint density at radius 3 is 1.97 bits per heavy atom. The van der Waals surface area contributed by atoms with Gasteiger partial charge in [0.2, 0.25) is 5.91 Å². The maximum atomic E-state index is 12.2. The first-order valence-electron chi connectivity index (χ1n) is 11.0. The molecule has 1 unspecified atom stereocenters. The van der Waals surface area contributed by atoms with E-state index in [1.54, 1.807) is 0 Å². The Kier molecular flexibility index (Phi) is 12.8. The van der Waals surface area contributed by atoms with Crippen LogP contribution in [0.25, 0.3) is 0 Å². The lowest BCUT2D eigenvalue weighted by Gasteiger charge is -2.44. The molecule has 1 saturated heterocycles. The van der Waals surface area contributed by atoms with E-state index in [-0.39, 0.29) is 13.0 Å². The van der Waals surface area contributed by atoms with E-state index in [0.29, 0.717) is 0 Å². The molecule has 1 aliphatic heterocycles. The van der Waals surface area contributed by atoms with Crippen molar-refractivity contribution in [3.05, 3.63) is 0 Å². The van der Waals surface area contributed by atoms with Crippen molar-refractivity contribution in [3.63, 3.8) is 0 Å². The lowest BCUT2D eigenvalue weighted by atomic mass is 9.98. The second kappa shape index (κ2) is 14.8. The molecule has 1 fully saturated rings. The molecule has 0 aromatic heterocycles. The van der Waals surface area contributed by atoms with Crippen LogP contribution in [0.15, 0.2) is 0 Å². The number of nitrogens with one attached hydrogen (secondary N) is 1. The monoisotopic (exact) mass is 556 g/mol. The molecule has 0 aliphatic carbocycles. The van der Waals surface area contributed by atoms with Crippen molar-refractivity contribution in [2.45, 2.75) is 70.9 Å². The van der Waals surface area contributed by atoms with Crippen LogP contribution in [0.4, 0.5) is 0 Å². The minimum atomic E-state index is -4.19. The summed E-state index contributed by atoms with van der Waals surface area (Å²) in [5.41, 5.74) is 5.80. The second-order valence-corrected chi connectivity index (χ2v) is 9.51. The fourth-order valence-electron chi connectivity index (χ4n) is 3.19. The molecule has 17 heteroatoms. The number of hydrogen-bond donors (Lipinski definition) is 3. The highest BCUT2D eigenvalue weighted by atomic mass is 32.2. The Morgan fingerprint density at radius 1 is 0.919 bits per heavy atom. The Bertz CT molecular complexity index is 939. The van der Waals surface area contributed by atoms with E-state index in [4.69, 9.17) is 38.7 Å². The van der Waals surface area contributed by atoms with E-state index in [0.717, 1.165) is 27.7 Å². The van der Waals surface area contributed by atoms with Crippen molar-refractivity contribution in [3.8, 4) is 0 Å². The summed E-state index contributed by atoms with van der Waals surface area (Å²) >= 11 is 0. The molecule has 0 aromatic rings. The fraction of sp³-hybridized carbons (Fsp3) is 0.750. The molecule has 4 N–H and O–H groups in total. The summed E-state index contributed by atoms with van der Waals surface area (Å²) < 4.78 is 62.1. The molecule has 212 valence electrons. The highest BCUT2D eigenvalue weighted by molar-refractivity contribution is 7.85. The average Bonchev–Trinajstić information content (AvgIpc) is 2.75. The van der Waals surface area contributed by atoms with Crippen LogP contribution in [0, 0.1) is 0 Å². The van der Waals surface area contributed by atoms with E-state index in [1.165, 1.54) is 0 Å². The maximum Gasteiger partial charge on any atom is 0.303 e. The summed E-state index contributed by atoms with van der Waals surface area (Å²) in [7, 11) is -4.19. The molecule has 1 rings (SSSR count). The number of esters is 4. The minimum Gasteiger partial charge on any atom is -0.463 e. The number of hydrogen-bond acceptors (Lipinski definition) is 14. The summed E-state index contributed by atoms with van der Waals surface area (Å²) in [5.74, 6) is -4.45. The maximum absolute atomic E-state index is 12.2. The van der Waals surface area contributed by atoms with Gasteiger partial charge in [0.1, 0.15) is 18.8 Å². The highest BCUT2D eigenvalue weighted by Gasteiger charge is 2.52. The van der Waals surface area contributed by atoms with Crippen LogP contribution in [0.5, 0.6) is 0 Å². The molecule has 0 radical (unpaired) electrons. The summed E-state index contributed by atoms with van der Waals surface area (Å²) in [6.45, 7) is 3.23. The SMILES string of the molecule is CC(=O)OCC1O[C@@H](OC[C@H](N)C(=O)NCCCS(=O)(=O)O)[C@H](OC(C)=O)[C@@H](OC(C)=O)[C@@H]1OC(C)=O. The molecule has 0 spiro atoms. The lowest BCUT2D eigenvalue weighted by Crippen LogP contribution is -2.63. The smallest absolute Gasteiger partial charge is 0.303 e. The van der Waals surface area contributed by atoms with Crippen molar-refractivity contribution in [1.29, 1.82) is 0 Å². The quantitative estimate of drug-likeness (QED) is 0.0945. The zero-order chi connectivity index (χ0) is 28.3. The zero-order valence-electron chi connectivity index (χ0n) is 20.7. The van der Waals surface area contributed by atoms with Gasteiger partial charge in [0.05, 0.1) is 12.4 Å². The van der Waals surface area contributed by atoms with Gasteiger partial charge in [-0.2, -0.15) is 8.42 Å². The molecular weight excluding hydrogens is 524 g/mol. The normalized spacial score (nSPS) is 24.3. The van der Waals surface area contributed by atoms with Gasteiger partial charge in [-0.15, -0.1) is 0 Å². The molecule has 0 saturated carbocycles. The first kappa shape index (κ1) is 32.2. The lowest BCUT2D eigenvalue weighted by molar-refractivity contribution is -0.308. The Labute approximate surface area is 213 Å². The van der Waals surface area contributed by atoms with Crippen LogP contribution in [0.1, 0.15) is 34.1 Å². The number of ether oxygens (including phenoxy) is 6. The van der Waals surface area contributed by atoms with Gasteiger partial charge in [0, 0.05) is 34.2 Å². The molecule has 37 heavy (non-hydrogen) atoms. The Balaban J connectivity index is 3.06. The number of nitrogens with two attached hydrogens (primary N) is 1. The topological polar surface area (TPSA) is 233 Å². The van der Waals surface area contributed by atoms with Crippen molar-refractivity contribution in [1.82, 2.24) is 5.32 Å². The van der Waals surface area contributed by atoms with Crippen molar-refractivity contribution >= 4 is 39.9 Å². The second-order valence-electron chi connectivity index (χ2n) is 7.94. The summed E-state index contributed by atoms with van der Waals surface area (Å²) in [4.78, 5) is 58.8. The van der Waals surface area contributed by atoms with Crippen LogP contribution in [-0.2, 0) is 62.5 Å². The fourth-order valence-corrected chi connectivity index (χ4v) is 3.70. The average molecular weight is 557 g/mol. The molecule has 1 heterocycles. The van der Waals surface area contributed by atoms with E-state index in [9.17, 15) is 32.4 Å². The van der Waals surface area contributed by atoms with Gasteiger partial charge >= 0.3 is 23.9 Å². The van der Waals surface area contributed by atoms with Gasteiger partial charge < -0.3 is 39.5 Å². The van der Waals surface area contributed by atoms with Crippen molar-refractivity contribution in [2.24, 2.45) is 5.73 Å². The largest absolute Gasteiger partial charge is 0.463 e. The standard InChI is InChI=1S/C20H32N2O14S/c1-10(23)31-9-15-16(33-11(2)24)17(34-12(3)25)18(35-13(4)26)20(36-15)32-8-14(21)19(27)22-6-5-7-37(28,29)30/h14-18,20H,5-9,21H2,1-4H3,(H,22,27)(H,28,29,30)/t14-,15?,16+,17-,18+,20+/m0/s1. The molecule has 1 amide bonds. The van der Waals surface area contributed by atoms with Gasteiger partial charge in [-0.3, -0.25) is 28.5 Å². The number of amides is 1. The molecule has 1 aliphatic rings. The van der Waals surface area contributed by atoms with Crippen LogP contribution >= 0.6 is 0 Å². The molecule has 0 bridgehead atoms.